The van der Waals surface area contributed by atoms with Crippen molar-refractivity contribution in [2.45, 2.75) is 12.5 Å². The lowest BCUT2D eigenvalue weighted by Crippen LogP contribution is -2.06. The van der Waals surface area contributed by atoms with Gasteiger partial charge in [-0.25, -0.2) is 13.8 Å². The molecular weight excluding hydrogens is 280 g/mol. The first-order chi connectivity index (χ1) is 8.95. The predicted octanol–water partition coefficient (Wildman–Crippen LogP) is 0.935. The normalized spacial score (nSPS) is 24.8. The second-order valence-electron chi connectivity index (χ2n) is 4.51. The Morgan fingerprint density at radius 3 is 2.79 bits per heavy atom. The Morgan fingerprint density at radius 1 is 1.42 bits per heavy atom. The minimum absolute atomic E-state index is 0.00150. The van der Waals surface area contributed by atoms with E-state index in [9.17, 15) is 8.78 Å². The van der Waals surface area contributed by atoms with Gasteiger partial charge in [-0.15, -0.1) is 0 Å². The lowest BCUT2D eigenvalue weighted by molar-refractivity contribution is 0.0704. The van der Waals surface area contributed by atoms with Gasteiger partial charge in [0.05, 0.1) is 24.8 Å². The molecular formula is C10H10ClF2N5O. The first kappa shape index (κ1) is 12.5. The molecule has 3 rings (SSSR count). The number of imidazole rings is 1. The van der Waals surface area contributed by atoms with E-state index < -0.39 is 24.4 Å². The molecule has 0 spiro atoms. The molecule has 2 atom stereocenters. The standard InChI is InChI=1S/C10H10ClF2N5O/c11-7-6-8(17-9(14)16-7)18(3-15-6)1-4-5(2-19)10(4,12)13/h3-5,19H,1-2H2,(H2,14,16,17)/t4-,5+/m0/s1. The summed E-state index contributed by atoms with van der Waals surface area (Å²) in [6.07, 6.45) is 1.37. The van der Waals surface area contributed by atoms with E-state index in [0.717, 1.165) is 0 Å². The zero-order valence-electron chi connectivity index (χ0n) is 9.59. The Bertz CT molecular complexity index is 646. The van der Waals surface area contributed by atoms with Gasteiger partial charge in [-0.3, -0.25) is 0 Å². The van der Waals surface area contributed by atoms with Crippen molar-refractivity contribution >= 4 is 28.7 Å². The van der Waals surface area contributed by atoms with Crippen LogP contribution in [0.1, 0.15) is 0 Å². The van der Waals surface area contributed by atoms with Crippen LogP contribution < -0.4 is 5.73 Å². The maximum absolute atomic E-state index is 13.3. The number of nitrogens with two attached hydrogens (primary N) is 1. The lowest BCUT2D eigenvalue weighted by Gasteiger charge is -2.03. The lowest BCUT2D eigenvalue weighted by atomic mass is 10.3. The van der Waals surface area contributed by atoms with E-state index in [-0.39, 0.29) is 17.6 Å². The molecule has 1 aliphatic carbocycles. The van der Waals surface area contributed by atoms with Crippen LogP contribution in [0.5, 0.6) is 0 Å². The first-order valence-corrected chi connectivity index (χ1v) is 5.95. The van der Waals surface area contributed by atoms with Gasteiger partial charge in [-0.2, -0.15) is 9.97 Å². The van der Waals surface area contributed by atoms with Gasteiger partial charge in [0.2, 0.25) is 5.95 Å². The molecule has 19 heavy (non-hydrogen) atoms. The maximum atomic E-state index is 13.3. The molecule has 0 unspecified atom stereocenters. The third-order valence-corrected chi connectivity index (χ3v) is 3.66. The average Bonchev–Trinajstić information content (AvgIpc) is 2.67. The number of aliphatic hydroxyl groups is 1. The van der Waals surface area contributed by atoms with Crippen molar-refractivity contribution in [1.29, 1.82) is 0 Å². The van der Waals surface area contributed by atoms with Gasteiger partial charge in [0.1, 0.15) is 5.52 Å². The Morgan fingerprint density at radius 2 is 2.16 bits per heavy atom. The van der Waals surface area contributed by atoms with Crippen molar-refractivity contribution in [2.75, 3.05) is 12.3 Å². The van der Waals surface area contributed by atoms with Crippen LogP contribution in [0, 0.1) is 11.8 Å². The Hall–Kier alpha value is -1.54. The van der Waals surface area contributed by atoms with Gasteiger partial charge < -0.3 is 15.4 Å². The number of hydrogen-bond acceptors (Lipinski definition) is 5. The SMILES string of the molecule is Nc1nc(Cl)c2ncn(C[C@H]3[C@@H](CO)C3(F)F)c2n1. The third-order valence-electron chi connectivity index (χ3n) is 3.39. The highest BCUT2D eigenvalue weighted by atomic mass is 35.5. The summed E-state index contributed by atoms with van der Waals surface area (Å²) < 4.78 is 28.1. The molecule has 0 bridgehead atoms. The Kier molecular flexibility index (Phi) is 2.61. The zero-order valence-corrected chi connectivity index (χ0v) is 10.3. The monoisotopic (exact) mass is 289 g/mol. The molecule has 1 saturated carbocycles. The van der Waals surface area contributed by atoms with Crippen LogP contribution in [0.15, 0.2) is 6.33 Å². The van der Waals surface area contributed by atoms with Crippen LogP contribution in [-0.2, 0) is 6.54 Å². The van der Waals surface area contributed by atoms with E-state index >= 15 is 0 Å². The molecule has 9 heteroatoms. The molecule has 102 valence electrons. The minimum Gasteiger partial charge on any atom is -0.396 e. The number of anilines is 1. The Labute approximate surface area is 111 Å². The van der Waals surface area contributed by atoms with Crippen molar-refractivity contribution in [3.05, 3.63) is 11.5 Å². The number of aliphatic hydroxyl groups excluding tert-OH is 1. The summed E-state index contributed by atoms with van der Waals surface area (Å²) in [7, 11) is 0. The van der Waals surface area contributed by atoms with Gasteiger partial charge >= 0.3 is 0 Å². The van der Waals surface area contributed by atoms with E-state index in [1.165, 1.54) is 10.9 Å². The average molecular weight is 290 g/mol. The molecule has 1 aliphatic rings. The van der Waals surface area contributed by atoms with Crippen LogP contribution in [0.4, 0.5) is 14.7 Å². The summed E-state index contributed by atoms with van der Waals surface area (Å²) in [5.74, 6) is -4.83. The molecule has 6 nitrogen and oxygen atoms in total. The number of nitrogen functional groups attached to an aromatic ring is 1. The van der Waals surface area contributed by atoms with Crippen LogP contribution in [0.25, 0.3) is 11.2 Å². The molecule has 0 amide bonds. The Balaban J connectivity index is 1.95. The summed E-state index contributed by atoms with van der Waals surface area (Å²) in [4.78, 5) is 11.7. The molecule has 0 saturated heterocycles. The number of alkyl halides is 2. The summed E-state index contributed by atoms with van der Waals surface area (Å²) >= 11 is 5.84. The van der Waals surface area contributed by atoms with Crippen molar-refractivity contribution in [3.8, 4) is 0 Å². The van der Waals surface area contributed by atoms with Crippen molar-refractivity contribution in [1.82, 2.24) is 19.5 Å². The van der Waals surface area contributed by atoms with Gasteiger partial charge in [0, 0.05) is 6.54 Å². The smallest absolute Gasteiger partial charge is 0.258 e. The molecule has 0 radical (unpaired) electrons. The molecule has 0 aliphatic heterocycles. The fourth-order valence-electron chi connectivity index (χ4n) is 2.23. The fourth-order valence-corrected chi connectivity index (χ4v) is 2.45. The quantitative estimate of drug-likeness (QED) is 0.821. The van der Waals surface area contributed by atoms with Gasteiger partial charge in [-0.1, -0.05) is 11.6 Å². The number of halogens is 3. The van der Waals surface area contributed by atoms with Gasteiger partial charge in [-0.05, 0) is 0 Å². The van der Waals surface area contributed by atoms with Crippen molar-refractivity contribution in [2.24, 2.45) is 11.8 Å². The molecule has 0 aromatic carbocycles. The third kappa shape index (κ3) is 1.82. The number of hydrogen-bond donors (Lipinski definition) is 2. The van der Waals surface area contributed by atoms with E-state index in [4.69, 9.17) is 22.4 Å². The highest BCUT2D eigenvalue weighted by Gasteiger charge is 2.67. The topological polar surface area (TPSA) is 89.8 Å². The number of aromatic nitrogens is 4. The predicted molar refractivity (Wildman–Crippen MR) is 63.8 cm³/mol. The summed E-state index contributed by atoms with van der Waals surface area (Å²) in [5, 5.41) is 8.96. The van der Waals surface area contributed by atoms with E-state index in [2.05, 4.69) is 15.0 Å². The van der Waals surface area contributed by atoms with E-state index in [1.807, 2.05) is 0 Å². The van der Waals surface area contributed by atoms with Crippen LogP contribution >= 0.6 is 11.6 Å². The number of rotatable bonds is 3. The van der Waals surface area contributed by atoms with E-state index in [1.54, 1.807) is 0 Å². The van der Waals surface area contributed by atoms with Crippen LogP contribution in [-0.4, -0.2) is 37.2 Å². The van der Waals surface area contributed by atoms with Crippen molar-refractivity contribution < 1.29 is 13.9 Å². The van der Waals surface area contributed by atoms with Gasteiger partial charge in [0.15, 0.2) is 10.8 Å². The van der Waals surface area contributed by atoms with E-state index in [0.29, 0.717) is 11.2 Å². The number of fused-ring (bicyclic) bond motifs is 1. The molecule has 3 N–H and O–H groups in total. The molecule has 2 heterocycles. The molecule has 2 aromatic heterocycles. The number of nitrogens with zero attached hydrogens (tertiary/aromatic N) is 4. The highest BCUT2D eigenvalue weighted by Crippen LogP contribution is 2.55. The van der Waals surface area contributed by atoms with Crippen LogP contribution in [0.3, 0.4) is 0 Å². The summed E-state index contributed by atoms with van der Waals surface area (Å²) in [6, 6.07) is 0. The minimum atomic E-state index is -2.85. The van der Waals surface area contributed by atoms with Crippen LogP contribution in [0.2, 0.25) is 5.15 Å². The maximum Gasteiger partial charge on any atom is 0.258 e. The summed E-state index contributed by atoms with van der Waals surface area (Å²) in [6.45, 7) is -0.538. The summed E-state index contributed by atoms with van der Waals surface area (Å²) in [5.41, 5.74) is 6.11. The fraction of sp³-hybridized carbons (Fsp3) is 0.500. The molecule has 1 fully saturated rings. The van der Waals surface area contributed by atoms with Gasteiger partial charge in [0.25, 0.3) is 5.92 Å². The largest absolute Gasteiger partial charge is 0.396 e. The highest BCUT2D eigenvalue weighted by molar-refractivity contribution is 6.33. The second kappa shape index (κ2) is 3.97. The zero-order chi connectivity index (χ0) is 13.8. The first-order valence-electron chi connectivity index (χ1n) is 5.57. The molecule has 2 aromatic rings. The second-order valence-corrected chi connectivity index (χ2v) is 4.87. The van der Waals surface area contributed by atoms with Crippen molar-refractivity contribution in [3.63, 3.8) is 0 Å².